The molecule has 2 N–H and O–H groups in total. The van der Waals surface area contributed by atoms with Gasteiger partial charge >= 0.3 is 0 Å². The number of aliphatic hydroxyl groups excluding tert-OH is 1. The summed E-state index contributed by atoms with van der Waals surface area (Å²) in [4.78, 5) is 17.0. The Morgan fingerprint density at radius 2 is 1.96 bits per heavy atom. The largest absolute Gasteiger partial charge is 0.390 e. The fourth-order valence-electron chi connectivity index (χ4n) is 3.27. The Kier molecular flexibility index (Phi) is 3.32. The van der Waals surface area contributed by atoms with E-state index >= 15 is 0 Å². The Hall–Kier alpha value is -2.72. The molecule has 1 amide bonds. The molecule has 0 saturated carbocycles. The zero-order valence-electron chi connectivity index (χ0n) is 12.4. The van der Waals surface area contributed by atoms with E-state index in [-0.39, 0.29) is 11.9 Å². The molecule has 0 fully saturated rings. The maximum Gasteiger partial charge on any atom is 0.252 e. The van der Waals surface area contributed by atoms with Crippen LogP contribution in [0.4, 0.5) is 0 Å². The molecule has 4 nitrogen and oxygen atoms in total. The number of rotatable bonds is 2. The average molecular weight is 304 g/mol. The van der Waals surface area contributed by atoms with E-state index in [1.54, 1.807) is 12.3 Å². The van der Waals surface area contributed by atoms with Crippen molar-refractivity contribution in [1.29, 1.82) is 0 Å². The number of amides is 1. The number of hydrogen-bond acceptors (Lipinski definition) is 3. The van der Waals surface area contributed by atoms with Crippen molar-refractivity contribution in [3.8, 4) is 0 Å². The number of nitrogens with one attached hydrogen (secondary N) is 1. The molecule has 0 aliphatic heterocycles. The summed E-state index contributed by atoms with van der Waals surface area (Å²) in [6, 6.07) is 16.7. The number of aliphatic hydroxyl groups is 1. The number of hydrogen-bond donors (Lipinski definition) is 2. The molecule has 1 aliphatic carbocycles. The second-order valence-electron chi connectivity index (χ2n) is 5.80. The standard InChI is InChI=1S/C19H16N2O2/c22-17-11-12-5-1-2-6-13(12)18(17)21-19(23)15-7-3-9-16-14(15)8-4-10-20-16/h1-10,17-18,22H,11H2,(H,21,23)/t17-,18+/m0/s1. The Balaban J connectivity index is 1.68. The predicted octanol–water partition coefficient (Wildman–Crippen LogP) is 2.62. The van der Waals surface area contributed by atoms with Gasteiger partial charge in [0.2, 0.25) is 0 Å². The van der Waals surface area contributed by atoms with Gasteiger partial charge in [-0.05, 0) is 29.3 Å². The van der Waals surface area contributed by atoms with E-state index in [1.165, 1.54) is 0 Å². The quantitative estimate of drug-likeness (QED) is 0.765. The molecule has 23 heavy (non-hydrogen) atoms. The molecule has 2 aromatic carbocycles. The highest BCUT2D eigenvalue weighted by molar-refractivity contribution is 6.06. The second-order valence-corrected chi connectivity index (χ2v) is 5.80. The highest BCUT2D eigenvalue weighted by Crippen LogP contribution is 2.31. The molecule has 4 rings (SSSR count). The van der Waals surface area contributed by atoms with Crippen LogP contribution in [0, 0.1) is 0 Å². The van der Waals surface area contributed by atoms with Gasteiger partial charge in [-0.3, -0.25) is 9.78 Å². The average Bonchev–Trinajstić information content (AvgIpc) is 2.90. The van der Waals surface area contributed by atoms with Gasteiger partial charge in [0.15, 0.2) is 0 Å². The predicted molar refractivity (Wildman–Crippen MR) is 88.1 cm³/mol. The van der Waals surface area contributed by atoms with E-state index in [0.29, 0.717) is 12.0 Å². The lowest BCUT2D eigenvalue weighted by Crippen LogP contribution is -2.34. The van der Waals surface area contributed by atoms with Crippen LogP contribution in [0.5, 0.6) is 0 Å². The summed E-state index contributed by atoms with van der Waals surface area (Å²) in [7, 11) is 0. The minimum Gasteiger partial charge on any atom is -0.390 e. The van der Waals surface area contributed by atoms with E-state index in [1.807, 2.05) is 48.5 Å². The number of nitrogens with zero attached hydrogens (tertiary/aromatic N) is 1. The molecular weight excluding hydrogens is 288 g/mol. The second kappa shape index (κ2) is 5.48. The van der Waals surface area contributed by atoms with Crippen LogP contribution in [0.25, 0.3) is 10.9 Å². The highest BCUT2D eigenvalue weighted by atomic mass is 16.3. The molecule has 1 aromatic heterocycles. The maximum atomic E-state index is 12.7. The van der Waals surface area contributed by atoms with Crippen LogP contribution in [0.15, 0.2) is 60.8 Å². The zero-order valence-corrected chi connectivity index (χ0v) is 12.4. The smallest absolute Gasteiger partial charge is 0.252 e. The Bertz CT molecular complexity index is 886. The van der Waals surface area contributed by atoms with E-state index < -0.39 is 6.10 Å². The summed E-state index contributed by atoms with van der Waals surface area (Å²) in [6.45, 7) is 0. The lowest BCUT2D eigenvalue weighted by Gasteiger charge is -2.18. The first-order valence-corrected chi connectivity index (χ1v) is 7.64. The molecule has 1 heterocycles. The lowest BCUT2D eigenvalue weighted by atomic mass is 10.0. The van der Waals surface area contributed by atoms with Crippen LogP contribution >= 0.6 is 0 Å². The molecule has 0 spiro atoms. The molecule has 2 atom stereocenters. The van der Waals surface area contributed by atoms with Crippen molar-refractivity contribution in [2.24, 2.45) is 0 Å². The molecule has 1 aliphatic rings. The molecule has 0 radical (unpaired) electrons. The SMILES string of the molecule is O=C(N[C@@H]1c2ccccc2C[C@@H]1O)c1cccc2ncccc12. The lowest BCUT2D eigenvalue weighted by molar-refractivity contribution is 0.0860. The summed E-state index contributed by atoms with van der Waals surface area (Å²) in [5.74, 6) is -0.190. The van der Waals surface area contributed by atoms with Crippen LogP contribution in [-0.2, 0) is 6.42 Å². The van der Waals surface area contributed by atoms with Crippen molar-refractivity contribution in [3.63, 3.8) is 0 Å². The van der Waals surface area contributed by atoms with E-state index in [9.17, 15) is 9.90 Å². The summed E-state index contributed by atoms with van der Waals surface area (Å²) in [6.07, 6.45) is 1.68. The molecule has 0 saturated heterocycles. The van der Waals surface area contributed by atoms with Crippen molar-refractivity contribution in [2.75, 3.05) is 0 Å². The van der Waals surface area contributed by atoms with Crippen molar-refractivity contribution in [3.05, 3.63) is 77.5 Å². The summed E-state index contributed by atoms with van der Waals surface area (Å²) in [5, 5.41) is 14.1. The van der Waals surface area contributed by atoms with Gasteiger partial charge < -0.3 is 10.4 Å². The van der Waals surface area contributed by atoms with Crippen LogP contribution in [0.2, 0.25) is 0 Å². The monoisotopic (exact) mass is 304 g/mol. The number of pyridine rings is 1. The molecule has 4 heteroatoms. The molecule has 0 bridgehead atoms. The van der Waals surface area contributed by atoms with Gasteiger partial charge in [0, 0.05) is 23.6 Å². The first-order chi connectivity index (χ1) is 11.2. The third-order valence-electron chi connectivity index (χ3n) is 4.38. The molecule has 0 unspecified atom stereocenters. The van der Waals surface area contributed by atoms with Crippen LogP contribution in [0.1, 0.15) is 27.5 Å². The number of benzene rings is 2. The van der Waals surface area contributed by atoms with Gasteiger partial charge in [-0.1, -0.05) is 36.4 Å². The Labute approximate surface area is 133 Å². The van der Waals surface area contributed by atoms with Gasteiger partial charge in [-0.25, -0.2) is 0 Å². The first-order valence-electron chi connectivity index (χ1n) is 7.64. The van der Waals surface area contributed by atoms with Gasteiger partial charge in [-0.2, -0.15) is 0 Å². The van der Waals surface area contributed by atoms with Crippen molar-refractivity contribution < 1.29 is 9.90 Å². The van der Waals surface area contributed by atoms with E-state index in [0.717, 1.165) is 22.0 Å². The number of aromatic nitrogens is 1. The van der Waals surface area contributed by atoms with E-state index in [4.69, 9.17) is 0 Å². The highest BCUT2D eigenvalue weighted by Gasteiger charge is 2.32. The molecule has 3 aromatic rings. The fourth-order valence-corrected chi connectivity index (χ4v) is 3.27. The minimum atomic E-state index is -0.593. The van der Waals surface area contributed by atoms with Gasteiger partial charge in [0.1, 0.15) is 0 Å². The molecule has 114 valence electrons. The normalized spacial score (nSPS) is 19.5. The topological polar surface area (TPSA) is 62.2 Å². The number of carbonyl (C=O) groups is 1. The van der Waals surface area contributed by atoms with Gasteiger partial charge in [0.05, 0.1) is 17.7 Å². The number of fused-ring (bicyclic) bond motifs is 2. The van der Waals surface area contributed by atoms with E-state index in [2.05, 4.69) is 10.3 Å². The Morgan fingerprint density at radius 1 is 1.09 bits per heavy atom. The van der Waals surface area contributed by atoms with Crippen molar-refractivity contribution >= 4 is 16.8 Å². The van der Waals surface area contributed by atoms with Gasteiger partial charge in [0.25, 0.3) is 5.91 Å². The van der Waals surface area contributed by atoms with Crippen molar-refractivity contribution in [1.82, 2.24) is 10.3 Å². The molecular formula is C19H16N2O2. The summed E-state index contributed by atoms with van der Waals surface area (Å²) < 4.78 is 0. The Morgan fingerprint density at radius 3 is 2.87 bits per heavy atom. The third-order valence-corrected chi connectivity index (χ3v) is 4.38. The van der Waals surface area contributed by atoms with Gasteiger partial charge in [-0.15, -0.1) is 0 Å². The van der Waals surface area contributed by atoms with Crippen molar-refractivity contribution in [2.45, 2.75) is 18.6 Å². The summed E-state index contributed by atoms with van der Waals surface area (Å²) >= 11 is 0. The minimum absolute atomic E-state index is 0.190. The fraction of sp³-hybridized carbons (Fsp3) is 0.158. The van der Waals surface area contributed by atoms with Crippen LogP contribution in [-0.4, -0.2) is 22.1 Å². The van der Waals surface area contributed by atoms with Crippen LogP contribution in [0.3, 0.4) is 0 Å². The number of carbonyl (C=O) groups excluding carboxylic acids is 1. The van der Waals surface area contributed by atoms with Crippen LogP contribution < -0.4 is 5.32 Å². The first kappa shape index (κ1) is 13.9. The maximum absolute atomic E-state index is 12.7. The third kappa shape index (κ3) is 2.37. The zero-order chi connectivity index (χ0) is 15.8. The summed E-state index contributed by atoms with van der Waals surface area (Å²) in [5.41, 5.74) is 3.44.